The standard InChI is InChI=1S/C29H26N4O4S/c1-18-8-10-21(11-9-18)31-25(34)14-16-33-27(26(32-29(33)38)22-7-2-3-15-30-22)24-13-12-23(37-24)19-5-4-6-20(17-19)28(35)36/h2-13,15,17,26-27H,14,16H2,1H3,(H,31,34)(H,32,38)(H,35,36)/t26-,27+/m0/s1. The van der Waals surface area contributed by atoms with Gasteiger partial charge in [-0.1, -0.05) is 35.9 Å². The Bertz CT molecular complexity index is 1470. The number of anilines is 1. The maximum Gasteiger partial charge on any atom is 0.335 e. The molecule has 1 aliphatic rings. The fourth-order valence-corrected chi connectivity index (χ4v) is 4.84. The van der Waals surface area contributed by atoms with Crippen LogP contribution in [0.4, 0.5) is 5.69 Å². The molecule has 0 saturated carbocycles. The van der Waals surface area contributed by atoms with Crippen LogP contribution in [0.15, 0.2) is 89.5 Å². The van der Waals surface area contributed by atoms with Crippen LogP contribution in [0.25, 0.3) is 11.3 Å². The summed E-state index contributed by atoms with van der Waals surface area (Å²) < 4.78 is 6.27. The summed E-state index contributed by atoms with van der Waals surface area (Å²) in [6.45, 7) is 2.36. The molecule has 9 heteroatoms. The highest BCUT2D eigenvalue weighted by Gasteiger charge is 2.41. The Labute approximate surface area is 225 Å². The van der Waals surface area contributed by atoms with E-state index >= 15 is 0 Å². The number of thiocarbonyl (C=S) groups is 1. The van der Waals surface area contributed by atoms with Gasteiger partial charge in [0.05, 0.1) is 17.3 Å². The molecule has 0 spiro atoms. The molecule has 1 amide bonds. The summed E-state index contributed by atoms with van der Waals surface area (Å²) in [6, 6.07) is 22.9. The van der Waals surface area contributed by atoms with E-state index in [1.54, 1.807) is 24.4 Å². The molecular weight excluding hydrogens is 500 g/mol. The van der Waals surface area contributed by atoms with E-state index in [0.717, 1.165) is 16.9 Å². The first-order valence-corrected chi connectivity index (χ1v) is 12.6. The average molecular weight is 527 g/mol. The molecule has 38 heavy (non-hydrogen) atoms. The minimum atomic E-state index is -1.01. The molecule has 2 atom stereocenters. The number of benzene rings is 2. The zero-order valence-electron chi connectivity index (χ0n) is 20.6. The van der Waals surface area contributed by atoms with Crippen molar-refractivity contribution in [2.24, 2.45) is 0 Å². The van der Waals surface area contributed by atoms with Gasteiger partial charge in [-0.3, -0.25) is 9.78 Å². The first kappa shape index (κ1) is 25.2. The van der Waals surface area contributed by atoms with Crippen molar-refractivity contribution in [3.05, 3.63) is 108 Å². The number of hydrogen-bond acceptors (Lipinski definition) is 5. The zero-order chi connectivity index (χ0) is 26.6. The van der Waals surface area contributed by atoms with Crippen molar-refractivity contribution in [1.29, 1.82) is 0 Å². The molecule has 1 saturated heterocycles. The number of furan rings is 1. The number of pyridine rings is 1. The van der Waals surface area contributed by atoms with E-state index < -0.39 is 5.97 Å². The maximum absolute atomic E-state index is 12.7. The van der Waals surface area contributed by atoms with Crippen LogP contribution < -0.4 is 10.6 Å². The number of aromatic nitrogens is 1. The lowest BCUT2D eigenvalue weighted by Crippen LogP contribution is -2.32. The van der Waals surface area contributed by atoms with Crippen LogP contribution in [-0.4, -0.2) is 38.5 Å². The Morgan fingerprint density at radius 3 is 2.63 bits per heavy atom. The predicted octanol–water partition coefficient (Wildman–Crippen LogP) is 5.35. The third kappa shape index (κ3) is 5.42. The number of nitrogens with one attached hydrogen (secondary N) is 2. The van der Waals surface area contributed by atoms with Crippen molar-refractivity contribution in [2.45, 2.75) is 25.4 Å². The number of nitrogens with zero attached hydrogens (tertiary/aromatic N) is 2. The summed E-state index contributed by atoms with van der Waals surface area (Å²) in [7, 11) is 0. The summed E-state index contributed by atoms with van der Waals surface area (Å²) in [4.78, 5) is 30.7. The molecule has 192 valence electrons. The Hall–Kier alpha value is -4.50. The van der Waals surface area contributed by atoms with Crippen molar-refractivity contribution >= 4 is 34.9 Å². The monoisotopic (exact) mass is 526 g/mol. The van der Waals surface area contributed by atoms with Gasteiger partial charge >= 0.3 is 5.97 Å². The first-order chi connectivity index (χ1) is 18.4. The zero-order valence-corrected chi connectivity index (χ0v) is 21.4. The largest absolute Gasteiger partial charge is 0.478 e. The minimum absolute atomic E-state index is 0.123. The van der Waals surface area contributed by atoms with Gasteiger partial charge in [-0.05, 0) is 67.7 Å². The molecule has 0 unspecified atom stereocenters. The summed E-state index contributed by atoms with van der Waals surface area (Å²) >= 11 is 5.69. The number of carbonyl (C=O) groups excluding carboxylic acids is 1. The molecule has 2 aromatic carbocycles. The van der Waals surface area contributed by atoms with E-state index in [4.69, 9.17) is 16.6 Å². The fraction of sp³-hybridized carbons (Fsp3) is 0.172. The smallest absolute Gasteiger partial charge is 0.335 e. The van der Waals surface area contributed by atoms with Gasteiger partial charge in [0.15, 0.2) is 5.11 Å². The number of carbonyl (C=O) groups is 2. The SMILES string of the molecule is Cc1ccc(NC(=O)CCN2C(=S)N[C@@H](c3ccccn3)[C@H]2c2ccc(-c3cccc(C(=O)O)c3)o2)cc1. The highest BCUT2D eigenvalue weighted by molar-refractivity contribution is 7.80. The quantitative estimate of drug-likeness (QED) is 0.264. The lowest BCUT2D eigenvalue weighted by molar-refractivity contribution is -0.116. The Kier molecular flexibility index (Phi) is 7.19. The Morgan fingerprint density at radius 1 is 1.08 bits per heavy atom. The number of hydrogen-bond donors (Lipinski definition) is 3. The van der Waals surface area contributed by atoms with Crippen molar-refractivity contribution in [3.63, 3.8) is 0 Å². The summed E-state index contributed by atoms with van der Waals surface area (Å²) in [5.74, 6) is 0.0389. The van der Waals surface area contributed by atoms with Gasteiger partial charge in [0.2, 0.25) is 5.91 Å². The summed E-state index contributed by atoms with van der Waals surface area (Å²) in [5.41, 5.74) is 3.48. The van der Waals surface area contributed by atoms with Crippen LogP contribution >= 0.6 is 12.2 Å². The normalized spacial score (nSPS) is 16.8. The third-order valence-corrected chi connectivity index (χ3v) is 6.78. The molecule has 1 aliphatic heterocycles. The maximum atomic E-state index is 12.7. The van der Waals surface area contributed by atoms with Gasteiger partial charge in [-0.15, -0.1) is 0 Å². The number of rotatable bonds is 8. The second-order valence-corrected chi connectivity index (χ2v) is 9.46. The van der Waals surface area contributed by atoms with E-state index in [9.17, 15) is 14.7 Å². The molecule has 3 N–H and O–H groups in total. The number of aryl methyl sites for hydroxylation is 1. The van der Waals surface area contributed by atoms with Gasteiger partial charge in [-0.2, -0.15) is 0 Å². The van der Waals surface area contributed by atoms with Crippen molar-refractivity contribution in [1.82, 2.24) is 15.2 Å². The van der Waals surface area contributed by atoms with E-state index in [-0.39, 0.29) is 30.0 Å². The van der Waals surface area contributed by atoms with Crippen molar-refractivity contribution in [3.8, 4) is 11.3 Å². The summed E-state index contributed by atoms with van der Waals surface area (Å²) in [5, 5.41) is 16.1. The second kappa shape index (κ2) is 10.9. The lowest BCUT2D eigenvalue weighted by atomic mass is 10.0. The second-order valence-electron chi connectivity index (χ2n) is 9.07. The highest BCUT2D eigenvalue weighted by atomic mass is 32.1. The molecule has 0 radical (unpaired) electrons. The third-order valence-electron chi connectivity index (χ3n) is 6.43. The van der Waals surface area contributed by atoms with Gasteiger partial charge in [0.25, 0.3) is 0 Å². The van der Waals surface area contributed by atoms with Crippen LogP contribution in [0.1, 0.15) is 45.9 Å². The van der Waals surface area contributed by atoms with Gasteiger partial charge in [0, 0.05) is 30.4 Å². The van der Waals surface area contributed by atoms with Crippen LogP contribution in [0, 0.1) is 6.92 Å². The highest BCUT2D eigenvalue weighted by Crippen LogP contribution is 2.40. The van der Waals surface area contributed by atoms with Gasteiger partial charge in [0.1, 0.15) is 17.6 Å². The molecule has 1 fully saturated rings. The van der Waals surface area contributed by atoms with E-state index in [0.29, 0.717) is 28.7 Å². The first-order valence-electron chi connectivity index (χ1n) is 12.2. The molecule has 0 aliphatic carbocycles. The number of aromatic carboxylic acids is 1. The topological polar surface area (TPSA) is 108 Å². The number of amides is 1. The van der Waals surface area contributed by atoms with E-state index in [1.807, 2.05) is 66.4 Å². The van der Waals surface area contributed by atoms with Crippen LogP contribution in [0.5, 0.6) is 0 Å². The Balaban J connectivity index is 1.40. The van der Waals surface area contributed by atoms with E-state index in [1.165, 1.54) is 6.07 Å². The van der Waals surface area contributed by atoms with Crippen LogP contribution in [0.3, 0.4) is 0 Å². The van der Waals surface area contributed by atoms with Crippen LogP contribution in [-0.2, 0) is 4.79 Å². The minimum Gasteiger partial charge on any atom is -0.478 e. The predicted molar refractivity (Wildman–Crippen MR) is 148 cm³/mol. The molecular formula is C29H26N4O4S. The molecule has 3 heterocycles. The van der Waals surface area contributed by atoms with Gasteiger partial charge in [-0.25, -0.2) is 4.79 Å². The molecule has 2 aromatic heterocycles. The number of carboxylic acids is 1. The molecule has 0 bridgehead atoms. The van der Waals surface area contributed by atoms with Crippen LogP contribution in [0.2, 0.25) is 0 Å². The fourth-order valence-electron chi connectivity index (χ4n) is 4.51. The average Bonchev–Trinajstić information content (AvgIpc) is 3.54. The molecule has 4 aromatic rings. The number of carboxylic acid groups (broad SMARTS) is 1. The van der Waals surface area contributed by atoms with Gasteiger partial charge < -0.3 is 25.1 Å². The summed E-state index contributed by atoms with van der Waals surface area (Å²) in [6.07, 6.45) is 1.94. The molecule has 8 nitrogen and oxygen atoms in total. The van der Waals surface area contributed by atoms with Crippen molar-refractivity contribution < 1.29 is 19.1 Å². The van der Waals surface area contributed by atoms with Crippen molar-refractivity contribution in [2.75, 3.05) is 11.9 Å². The molecule has 5 rings (SSSR count). The Morgan fingerprint density at radius 2 is 1.89 bits per heavy atom. The lowest BCUT2D eigenvalue weighted by Gasteiger charge is -2.25. The van der Waals surface area contributed by atoms with E-state index in [2.05, 4.69) is 15.6 Å².